The van der Waals surface area contributed by atoms with E-state index in [1.165, 1.54) is 33.9 Å². The summed E-state index contributed by atoms with van der Waals surface area (Å²) < 4.78 is 42.4. The summed E-state index contributed by atoms with van der Waals surface area (Å²) in [6, 6.07) is 29.1. The number of para-hydroxylation sites is 1. The van der Waals surface area contributed by atoms with E-state index in [4.69, 9.17) is 9.41 Å². The Labute approximate surface area is 302 Å². The maximum absolute atomic E-state index is 12.7. The van der Waals surface area contributed by atoms with Gasteiger partial charge < -0.3 is 9.73 Å². The summed E-state index contributed by atoms with van der Waals surface area (Å²) in [6.45, 7) is 19.7. The number of aryl methyl sites for hydroxylation is 1. The molecule has 51 heavy (non-hydrogen) atoms. The quantitative estimate of drug-likeness (QED) is 0.116. The number of rotatable bonds is 9. The van der Waals surface area contributed by atoms with Crippen molar-refractivity contribution in [2.45, 2.75) is 90.9 Å². The summed E-state index contributed by atoms with van der Waals surface area (Å²) >= 11 is 0. The van der Waals surface area contributed by atoms with Gasteiger partial charge in [-0.2, -0.15) is 8.42 Å². The standard InChI is InChI=1S/C44H48N2O4S/c1-25(2)32-14-12-15-33(26(3)4)43(32)45-30-17-19-34-39(23-30)50-40-24-31(46-44-37(27(5)6)21-29(9)22-38(44)28(7)8)18-20-35(40)42(34)36-13-10-11-16-41(36)51(47,48)49/h10-28,45H,1-9H3,(H,47,48,49). The molecule has 0 spiro atoms. The van der Waals surface area contributed by atoms with Crippen LogP contribution < -0.4 is 10.7 Å². The molecule has 1 aliphatic carbocycles. The summed E-state index contributed by atoms with van der Waals surface area (Å²) in [6.07, 6.45) is 0. The SMILES string of the molecule is Cc1cc(C(C)C)c(N=c2ccc3c(-c4ccccc4S(=O)(=O)O)c4ccc(Nc5c(C(C)C)cccc5C(C)C)cc4oc-3c2)c(C(C)C)c1. The minimum Gasteiger partial charge on any atom is -0.456 e. The molecule has 0 saturated heterocycles. The van der Waals surface area contributed by atoms with Crippen molar-refractivity contribution in [2.75, 3.05) is 5.32 Å². The predicted octanol–water partition coefficient (Wildman–Crippen LogP) is 12.2. The molecule has 0 fully saturated rings. The molecule has 0 aromatic heterocycles. The van der Waals surface area contributed by atoms with Crippen molar-refractivity contribution >= 4 is 38.1 Å². The van der Waals surface area contributed by atoms with Crippen molar-refractivity contribution in [3.63, 3.8) is 0 Å². The molecule has 264 valence electrons. The van der Waals surface area contributed by atoms with Gasteiger partial charge >= 0.3 is 0 Å². The number of hydrogen-bond acceptors (Lipinski definition) is 5. The maximum Gasteiger partial charge on any atom is 0.295 e. The van der Waals surface area contributed by atoms with Crippen molar-refractivity contribution in [3.8, 4) is 22.5 Å². The van der Waals surface area contributed by atoms with E-state index in [0.29, 0.717) is 39.9 Å². The second-order valence-electron chi connectivity index (χ2n) is 14.8. The van der Waals surface area contributed by atoms with Crippen LogP contribution in [0.5, 0.6) is 0 Å². The first-order valence-electron chi connectivity index (χ1n) is 17.8. The van der Waals surface area contributed by atoms with Crippen LogP contribution in [0.4, 0.5) is 17.1 Å². The predicted molar refractivity (Wildman–Crippen MR) is 211 cm³/mol. The molecule has 0 unspecified atom stereocenters. The van der Waals surface area contributed by atoms with E-state index in [0.717, 1.165) is 27.8 Å². The zero-order chi connectivity index (χ0) is 36.8. The first kappa shape index (κ1) is 36.1. The Morgan fingerprint density at radius 3 is 1.86 bits per heavy atom. The van der Waals surface area contributed by atoms with E-state index in [1.54, 1.807) is 18.2 Å². The van der Waals surface area contributed by atoms with E-state index in [9.17, 15) is 13.0 Å². The molecule has 0 saturated carbocycles. The highest BCUT2D eigenvalue weighted by Crippen LogP contribution is 2.44. The smallest absolute Gasteiger partial charge is 0.295 e. The normalized spacial score (nSPS) is 12.7. The lowest BCUT2D eigenvalue weighted by Crippen LogP contribution is -2.06. The molecule has 4 aromatic rings. The zero-order valence-electron chi connectivity index (χ0n) is 31.0. The lowest BCUT2D eigenvalue weighted by atomic mass is 9.90. The fourth-order valence-electron chi connectivity index (χ4n) is 7.03. The van der Waals surface area contributed by atoms with Crippen molar-refractivity contribution in [2.24, 2.45) is 4.99 Å². The number of hydrogen-bond donors (Lipinski definition) is 2. The molecular formula is C44H48N2O4S. The Morgan fingerprint density at radius 1 is 0.667 bits per heavy atom. The number of anilines is 2. The van der Waals surface area contributed by atoms with Gasteiger partial charge in [-0.3, -0.25) is 4.55 Å². The monoisotopic (exact) mass is 700 g/mol. The molecule has 7 heteroatoms. The van der Waals surface area contributed by atoms with Gasteiger partial charge in [0, 0.05) is 45.6 Å². The summed E-state index contributed by atoms with van der Waals surface area (Å²) in [5.74, 6) is 1.73. The van der Waals surface area contributed by atoms with Crippen LogP contribution in [0.15, 0.2) is 105 Å². The van der Waals surface area contributed by atoms with Crippen molar-refractivity contribution in [3.05, 3.63) is 124 Å². The fourth-order valence-corrected chi connectivity index (χ4v) is 7.73. The van der Waals surface area contributed by atoms with Gasteiger partial charge in [-0.05, 0) is 83.2 Å². The van der Waals surface area contributed by atoms with E-state index in [2.05, 4.69) is 98.0 Å². The van der Waals surface area contributed by atoms with Gasteiger partial charge in [0.25, 0.3) is 10.1 Å². The second-order valence-corrected chi connectivity index (χ2v) is 16.2. The minimum absolute atomic E-state index is 0.162. The third kappa shape index (κ3) is 7.23. The van der Waals surface area contributed by atoms with Crippen LogP contribution in [0.1, 0.15) is 107 Å². The third-order valence-electron chi connectivity index (χ3n) is 9.58. The van der Waals surface area contributed by atoms with Crippen LogP contribution in [-0.2, 0) is 10.1 Å². The first-order chi connectivity index (χ1) is 24.1. The summed E-state index contributed by atoms with van der Waals surface area (Å²) in [7, 11) is -4.53. The molecule has 6 nitrogen and oxygen atoms in total. The van der Waals surface area contributed by atoms with E-state index >= 15 is 0 Å². The van der Waals surface area contributed by atoms with Gasteiger partial charge in [0.1, 0.15) is 16.2 Å². The molecule has 0 bridgehead atoms. The Morgan fingerprint density at radius 2 is 1.27 bits per heavy atom. The van der Waals surface area contributed by atoms with Crippen LogP contribution in [0.2, 0.25) is 0 Å². The molecule has 0 atom stereocenters. The second kappa shape index (κ2) is 14.1. The van der Waals surface area contributed by atoms with Gasteiger partial charge in [-0.25, -0.2) is 4.99 Å². The summed E-state index contributed by atoms with van der Waals surface area (Å²) in [5.41, 5.74) is 11.3. The van der Waals surface area contributed by atoms with Crippen LogP contribution in [0.3, 0.4) is 0 Å². The Kier molecular flexibility index (Phi) is 9.99. The molecular weight excluding hydrogens is 653 g/mol. The highest BCUT2D eigenvalue weighted by Gasteiger charge is 2.24. The number of fused-ring (bicyclic) bond motifs is 2. The van der Waals surface area contributed by atoms with E-state index < -0.39 is 10.1 Å². The van der Waals surface area contributed by atoms with Gasteiger partial charge in [0.15, 0.2) is 0 Å². The Hall–Kier alpha value is -4.72. The lowest BCUT2D eigenvalue weighted by Gasteiger charge is -2.22. The number of benzene rings is 5. The molecule has 4 aromatic carbocycles. The van der Waals surface area contributed by atoms with Gasteiger partial charge in [0.05, 0.1) is 11.0 Å². The van der Waals surface area contributed by atoms with Crippen molar-refractivity contribution in [1.29, 1.82) is 0 Å². The molecule has 6 rings (SSSR count). The van der Waals surface area contributed by atoms with Gasteiger partial charge in [-0.1, -0.05) is 109 Å². The van der Waals surface area contributed by atoms with E-state index in [1.807, 2.05) is 36.4 Å². The number of nitrogens with zero attached hydrogens (tertiary/aromatic N) is 1. The minimum atomic E-state index is -4.53. The summed E-state index contributed by atoms with van der Waals surface area (Å²) in [5, 5.41) is 5.16. The van der Waals surface area contributed by atoms with Crippen LogP contribution >= 0.6 is 0 Å². The van der Waals surface area contributed by atoms with E-state index in [-0.39, 0.29) is 16.7 Å². The maximum atomic E-state index is 12.7. The van der Waals surface area contributed by atoms with Crippen molar-refractivity contribution in [1.82, 2.24) is 0 Å². The average molecular weight is 701 g/mol. The first-order valence-corrected chi connectivity index (χ1v) is 19.2. The number of nitrogens with one attached hydrogen (secondary N) is 1. The average Bonchev–Trinajstić information content (AvgIpc) is 3.07. The molecule has 2 N–H and O–H groups in total. The topological polar surface area (TPSA) is 91.9 Å². The molecule has 0 radical (unpaired) electrons. The summed E-state index contributed by atoms with van der Waals surface area (Å²) in [4.78, 5) is 5.07. The highest BCUT2D eigenvalue weighted by molar-refractivity contribution is 7.86. The van der Waals surface area contributed by atoms with Gasteiger partial charge in [0.2, 0.25) is 0 Å². The fraction of sp³-hybridized carbons (Fsp3) is 0.295. The third-order valence-corrected chi connectivity index (χ3v) is 10.5. The Bertz CT molecular complexity index is 2350. The Balaban J connectivity index is 1.64. The molecule has 1 heterocycles. The molecule has 0 amide bonds. The zero-order valence-corrected chi connectivity index (χ0v) is 31.8. The van der Waals surface area contributed by atoms with Gasteiger partial charge in [-0.15, -0.1) is 0 Å². The van der Waals surface area contributed by atoms with Crippen LogP contribution in [0, 0.1) is 6.92 Å². The van der Waals surface area contributed by atoms with Crippen LogP contribution in [0.25, 0.3) is 33.4 Å². The largest absolute Gasteiger partial charge is 0.456 e. The highest BCUT2D eigenvalue weighted by atomic mass is 32.2. The molecule has 1 aliphatic heterocycles. The molecule has 2 aliphatic rings. The lowest BCUT2D eigenvalue weighted by molar-refractivity contribution is 0.483. The van der Waals surface area contributed by atoms with Crippen molar-refractivity contribution < 1.29 is 17.4 Å². The van der Waals surface area contributed by atoms with Crippen LogP contribution in [-0.4, -0.2) is 13.0 Å².